The smallest absolute Gasteiger partial charge is 0.341 e. The molecule has 1 atom stereocenters. The van der Waals surface area contributed by atoms with Crippen LogP contribution in [0.25, 0.3) is 22.4 Å². The summed E-state index contributed by atoms with van der Waals surface area (Å²) < 4.78 is 11.0. The third-order valence-corrected chi connectivity index (χ3v) is 7.28. The number of rotatable bonds is 6. The van der Waals surface area contributed by atoms with Gasteiger partial charge in [0.2, 0.25) is 0 Å². The maximum Gasteiger partial charge on any atom is 0.341 e. The largest absolute Gasteiger partial charge is 0.463 e. The Morgan fingerprint density at radius 3 is 2.88 bits per heavy atom. The Labute approximate surface area is 202 Å². The Balaban J connectivity index is 1.55. The van der Waals surface area contributed by atoms with E-state index in [2.05, 4.69) is 17.2 Å². The number of esters is 1. The minimum Gasteiger partial charge on any atom is -0.463 e. The molecule has 0 aliphatic heterocycles. The first-order valence-electron chi connectivity index (χ1n) is 11.6. The zero-order valence-electron chi connectivity index (χ0n) is 19.2. The molecule has 1 aromatic carbocycles. The van der Waals surface area contributed by atoms with Crippen molar-refractivity contribution >= 4 is 39.1 Å². The molecule has 0 spiro atoms. The maximum atomic E-state index is 13.6. The number of para-hydroxylation sites is 1. The van der Waals surface area contributed by atoms with E-state index in [0.717, 1.165) is 41.5 Å². The number of amides is 1. The molecular formula is C27H26N2O4S. The minimum atomic E-state index is -0.361. The summed E-state index contributed by atoms with van der Waals surface area (Å²) in [7, 11) is 0. The molecule has 6 nitrogen and oxygen atoms in total. The van der Waals surface area contributed by atoms with Gasteiger partial charge in [-0.1, -0.05) is 32.0 Å². The van der Waals surface area contributed by atoms with Crippen LogP contribution in [0.4, 0.5) is 5.00 Å². The monoisotopic (exact) mass is 474 g/mol. The number of hydrogen-bond acceptors (Lipinski definition) is 6. The zero-order valence-corrected chi connectivity index (χ0v) is 20.0. The molecule has 5 rings (SSSR count). The predicted octanol–water partition coefficient (Wildman–Crippen LogP) is 6.50. The average molecular weight is 475 g/mol. The molecule has 0 saturated carbocycles. The van der Waals surface area contributed by atoms with Crippen LogP contribution in [0.15, 0.2) is 53.1 Å². The quantitative estimate of drug-likeness (QED) is 0.323. The number of nitrogens with zero attached hydrogens (tertiary/aromatic N) is 1. The van der Waals surface area contributed by atoms with Crippen LogP contribution in [0.5, 0.6) is 0 Å². The fraction of sp³-hybridized carbons (Fsp3) is 0.296. The highest BCUT2D eigenvalue weighted by Crippen LogP contribution is 2.40. The van der Waals surface area contributed by atoms with Gasteiger partial charge < -0.3 is 14.5 Å². The van der Waals surface area contributed by atoms with Crippen molar-refractivity contribution in [3.63, 3.8) is 0 Å². The highest BCUT2D eigenvalue weighted by Gasteiger charge is 2.29. The molecule has 0 radical (unpaired) electrons. The predicted molar refractivity (Wildman–Crippen MR) is 133 cm³/mol. The van der Waals surface area contributed by atoms with Crippen LogP contribution in [0.2, 0.25) is 0 Å². The molecule has 174 valence electrons. The number of ether oxygens (including phenoxy) is 1. The third-order valence-electron chi connectivity index (χ3n) is 6.11. The van der Waals surface area contributed by atoms with Gasteiger partial charge in [-0.15, -0.1) is 11.3 Å². The van der Waals surface area contributed by atoms with E-state index in [4.69, 9.17) is 9.15 Å². The number of carbonyl (C=O) groups excluding carboxylic acids is 2. The molecule has 34 heavy (non-hydrogen) atoms. The number of nitrogens with one attached hydrogen (secondary N) is 1. The topological polar surface area (TPSA) is 81.4 Å². The molecule has 3 aromatic heterocycles. The summed E-state index contributed by atoms with van der Waals surface area (Å²) >= 11 is 1.49. The molecule has 1 aliphatic rings. The number of anilines is 1. The van der Waals surface area contributed by atoms with Crippen molar-refractivity contribution in [2.75, 3.05) is 11.9 Å². The van der Waals surface area contributed by atoms with Crippen molar-refractivity contribution in [1.82, 2.24) is 4.98 Å². The molecular weight excluding hydrogens is 448 g/mol. The second-order valence-corrected chi connectivity index (χ2v) is 9.80. The molecule has 1 aliphatic carbocycles. The normalized spacial score (nSPS) is 15.2. The summed E-state index contributed by atoms with van der Waals surface area (Å²) in [4.78, 5) is 32.4. The van der Waals surface area contributed by atoms with Gasteiger partial charge in [0.15, 0.2) is 5.76 Å². The Hall–Kier alpha value is -3.45. The van der Waals surface area contributed by atoms with Gasteiger partial charge >= 0.3 is 5.97 Å². The van der Waals surface area contributed by atoms with E-state index >= 15 is 0 Å². The van der Waals surface area contributed by atoms with Gasteiger partial charge in [0.05, 0.1) is 29.5 Å². The van der Waals surface area contributed by atoms with Gasteiger partial charge in [0.25, 0.3) is 5.91 Å². The fourth-order valence-corrected chi connectivity index (χ4v) is 5.80. The molecule has 3 heterocycles. The molecule has 1 amide bonds. The number of hydrogen-bond donors (Lipinski definition) is 1. The fourth-order valence-electron chi connectivity index (χ4n) is 4.41. The third kappa shape index (κ3) is 4.23. The van der Waals surface area contributed by atoms with Crippen molar-refractivity contribution < 1.29 is 18.7 Å². The number of fused-ring (bicyclic) bond motifs is 2. The molecule has 4 aromatic rings. The molecule has 0 bridgehead atoms. The zero-order chi connectivity index (χ0) is 23.7. The number of benzene rings is 1. The summed E-state index contributed by atoms with van der Waals surface area (Å²) in [5.41, 5.74) is 3.29. The minimum absolute atomic E-state index is 0.289. The highest BCUT2D eigenvalue weighted by molar-refractivity contribution is 7.17. The van der Waals surface area contributed by atoms with Crippen LogP contribution in [-0.4, -0.2) is 23.5 Å². The SMILES string of the molecule is CCCOC(=O)c1c(NC(=O)c2cc(-c3ccco3)nc3ccccc23)sc2c1CCC(C)C2. The Kier molecular flexibility index (Phi) is 6.20. The lowest BCUT2D eigenvalue weighted by Crippen LogP contribution is -2.17. The summed E-state index contributed by atoms with van der Waals surface area (Å²) in [6.45, 7) is 4.54. The first-order chi connectivity index (χ1) is 16.5. The number of thiophene rings is 1. The second kappa shape index (κ2) is 9.43. The van der Waals surface area contributed by atoms with Gasteiger partial charge in [0.1, 0.15) is 10.7 Å². The van der Waals surface area contributed by atoms with Crippen LogP contribution in [-0.2, 0) is 17.6 Å². The van der Waals surface area contributed by atoms with Crippen molar-refractivity contribution in [3.8, 4) is 11.5 Å². The summed E-state index contributed by atoms with van der Waals surface area (Å²) in [5.74, 6) is 0.487. The lowest BCUT2D eigenvalue weighted by atomic mass is 9.88. The first kappa shape index (κ1) is 22.3. The number of pyridine rings is 1. The maximum absolute atomic E-state index is 13.6. The molecule has 0 saturated heterocycles. The van der Waals surface area contributed by atoms with Crippen LogP contribution in [0.1, 0.15) is 57.8 Å². The second-order valence-electron chi connectivity index (χ2n) is 8.70. The summed E-state index contributed by atoms with van der Waals surface area (Å²) in [6.07, 6.45) is 5.07. The number of aromatic nitrogens is 1. The van der Waals surface area contributed by atoms with Crippen molar-refractivity contribution in [3.05, 3.63) is 70.3 Å². The van der Waals surface area contributed by atoms with Crippen LogP contribution in [0, 0.1) is 5.92 Å². The Morgan fingerprint density at radius 2 is 2.09 bits per heavy atom. The van der Waals surface area contributed by atoms with Crippen molar-refractivity contribution in [1.29, 1.82) is 0 Å². The van der Waals surface area contributed by atoms with Crippen LogP contribution < -0.4 is 5.32 Å². The van der Waals surface area contributed by atoms with E-state index in [0.29, 0.717) is 45.6 Å². The number of furan rings is 1. The van der Waals surface area contributed by atoms with Gasteiger partial charge in [-0.05, 0) is 61.4 Å². The van der Waals surface area contributed by atoms with Crippen molar-refractivity contribution in [2.45, 2.75) is 39.5 Å². The summed E-state index contributed by atoms with van der Waals surface area (Å²) in [5, 5.41) is 4.34. The van der Waals surface area contributed by atoms with E-state index in [1.165, 1.54) is 11.3 Å². The lowest BCUT2D eigenvalue weighted by molar-refractivity contribution is 0.0505. The first-order valence-corrected chi connectivity index (χ1v) is 12.4. The molecule has 1 N–H and O–H groups in total. The Bertz CT molecular complexity index is 1360. The van der Waals surface area contributed by atoms with E-state index in [1.54, 1.807) is 18.4 Å². The lowest BCUT2D eigenvalue weighted by Gasteiger charge is -2.18. The van der Waals surface area contributed by atoms with E-state index in [-0.39, 0.29) is 11.9 Å². The van der Waals surface area contributed by atoms with E-state index in [9.17, 15) is 9.59 Å². The standard InChI is InChI=1S/C27H26N2O4S/c1-3-12-33-27(31)24-18-11-10-16(2)14-23(18)34-26(24)29-25(30)19-15-21(22-9-6-13-32-22)28-20-8-5-4-7-17(19)20/h4-9,13,15-16H,3,10-12,14H2,1-2H3,(H,29,30). The van der Waals surface area contributed by atoms with Crippen LogP contribution >= 0.6 is 11.3 Å². The number of carbonyl (C=O) groups is 2. The summed E-state index contributed by atoms with van der Waals surface area (Å²) in [6, 6.07) is 12.9. The average Bonchev–Trinajstić information content (AvgIpc) is 3.49. The molecule has 1 unspecified atom stereocenters. The molecule has 7 heteroatoms. The van der Waals surface area contributed by atoms with Gasteiger partial charge in [0, 0.05) is 10.3 Å². The van der Waals surface area contributed by atoms with Gasteiger partial charge in [-0.3, -0.25) is 4.79 Å². The van der Waals surface area contributed by atoms with Crippen LogP contribution in [0.3, 0.4) is 0 Å². The molecule has 0 fully saturated rings. The van der Waals surface area contributed by atoms with E-state index in [1.807, 2.05) is 37.3 Å². The highest BCUT2D eigenvalue weighted by atomic mass is 32.1. The van der Waals surface area contributed by atoms with Gasteiger partial charge in [-0.2, -0.15) is 0 Å². The van der Waals surface area contributed by atoms with Gasteiger partial charge in [-0.25, -0.2) is 9.78 Å². The van der Waals surface area contributed by atoms with Crippen molar-refractivity contribution in [2.24, 2.45) is 5.92 Å². The van der Waals surface area contributed by atoms with E-state index < -0.39 is 0 Å². The Morgan fingerprint density at radius 1 is 1.24 bits per heavy atom.